The second kappa shape index (κ2) is 8.89. The van der Waals surface area contributed by atoms with Gasteiger partial charge in [0.1, 0.15) is 17.1 Å². The highest BCUT2D eigenvalue weighted by atomic mass is 16.3. The Labute approximate surface area is 191 Å². The monoisotopic (exact) mass is 422 g/mol. The molecule has 0 saturated carbocycles. The number of phenolic OH excluding ortho intramolecular Hbond substituents is 1. The molecule has 0 fully saturated rings. The Morgan fingerprint density at radius 3 is 1.81 bits per heavy atom. The van der Waals surface area contributed by atoms with Crippen LogP contribution in [0, 0.1) is 41.4 Å². The summed E-state index contributed by atoms with van der Waals surface area (Å²) < 4.78 is 0. The first-order valence-corrected chi connectivity index (χ1v) is 10.8. The van der Waals surface area contributed by atoms with Gasteiger partial charge in [0.05, 0.1) is 11.1 Å². The van der Waals surface area contributed by atoms with Crippen molar-refractivity contribution in [3.63, 3.8) is 0 Å². The van der Waals surface area contributed by atoms with E-state index in [0.29, 0.717) is 11.4 Å². The van der Waals surface area contributed by atoms with Gasteiger partial charge in [-0.3, -0.25) is 0 Å². The van der Waals surface area contributed by atoms with Crippen LogP contribution in [0.4, 0.5) is 11.4 Å². The summed E-state index contributed by atoms with van der Waals surface area (Å²) in [5, 5.41) is 21.4. The highest BCUT2D eigenvalue weighted by molar-refractivity contribution is 5.95. The lowest BCUT2D eigenvalue weighted by Crippen LogP contribution is -2.00. The molecule has 0 aliphatic carbocycles. The lowest BCUT2D eigenvalue weighted by atomic mass is 9.95. The molecule has 0 bridgehead atoms. The zero-order chi connectivity index (χ0) is 23.5. The van der Waals surface area contributed by atoms with Crippen molar-refractivity contribution in [1.29, 1.82) is 0 Å². The fourth-order valence-corrected chi connectivity index (χ4v) is 3.04. The number of phenols is 1. The molecule has 0 unspecified atom stereocenters. The van der Waals surface area contributed by atoms with Gasteiger partial charge in [0, 0.05) is 16.2 Å². The lowest BCUT2D eigenvalue weighted by Gasteiger charge is -2.10. The number of hydrogen-bond acceptors (Lipinski definition) is 3. The van der Waals surface area contributed by atoms with E-state index in [2.05, 4.69) is 75.5 Å². The summed E-state index contributed by atoms with van der Waals surface area (Å²) in [5.74, 6) is 13.2. The normalized spacial score (nSPS) is 11.7. The van der Waals surface area contributed by atoms with Crippen molar-refractivity contribution in [3.8, 4) is 29.4 Å². The predicted molar refractivity (Wildman–Crippen MR) is 134 cm³/mol. The van der Waals surface area contributed by atoms with Crippen LogP contribution in [0.5, 0.6) is 5.75 Å². The SMILES string of the molecule is Cc1cc(C#CC(C)(C)C)c(/N=N/c2c(O)ccc3ccccc23)c(C#CC(C)(C)C)c1. The average Bonchev–Trinajstić information content (AvgIpc) is 2.69. The summed E-state index contributed by atoms with van der Waals surface area (Å²) in [6.07, 6.45) is 0. The van der Waals surface area contributed by atoms with Gasteiger partial charge in [-0.1, -0.05) is 54.0 Å². The molecule has 1 N–H and O–H groups in total. The molecule has 3 nitrogen and oxygen atoms in total. The van der Waals surface area contributed by atoms with Gasteiger partial charge in [0.15, 0.2) is 0 Å². The number of azo groups is 1. The standard InChI is InChI=1S/C29H30N2O/c1-20-18-22(14-16-28(2,3)4)26(23(19-20)15-17-29(5,6)7)30-31-27-24-11-9-8-10-21(24)12-13-25(27)32/h8-13,18-19,32H,1-7H3/b31-30+. The number of aromatic hydroxyl groups is 1. The van der Waals surface area contributed by atoms with Crippen LogP contribution in [0.25, 0.3) is 10.8 Å². The summed E-state index contributed by atoms with van der Waals surface area (Å²) in [7, 11) is 0. The van der Waals surface area contributed by atoms with Crippen molar-refractivity contribution in [2.24, 2.45) is 21.1 Å². The summed E-state index contributed by atoms with van der Waals surface area (Å²) in [4.78, 5) is 0. The number of aryl methyl sites for hydroxylation is 1. The molecule has 3 aromatic carbocycles. The fourth-order valence-electron chi connectivity index (χ4n) is 3.04. The molecule has 0 spiro atoms. The molecule has 3 heteroatoms. The number of nitrogens with zero attached hydrogens (tertiary/aromatic N) is 2. The Bertz CT molecular complexity index is 1260. The number of hydrogen-bond donors (Lipinski definition) is 1. The van der Waals surface area contributed by atoms with Crippen molar-refractivity contribution in [3.05, 3.63) is 65.2 Å². The topological polar surface area (TPSA) is 45.0 Å². The zero-order valence-electron chi connectivity index (χ0n) is 20.0. The van der Waals surface area contributed by atoms with E-state index < -0.39 is 0 Å². The summed E-state index contributed by atoms with van der Waals surface area (Å²) in [6, 6.07) is 15.3. The van der Waals surface area contributed by atoms with E-state index in [9.17, 15) is 5.11 Å². The minimum absolute atomic E-state index is 0.0872. The van der Waals surface area contributed by atoms with E-state index in [1.165, 1.54) is 0 Å². The highest BCUT2D eigenvalue weighted by Crippen LogP contribution is 2.37. The van der Waals surface area contributed by atoms with Crippen LogP contribution in [0.3, 0.4) is 0 Å². The van der Waals surface area contributed by atoms with Crippen LogP contribution in [0.2, 0.25) is 0 Å². The third-order valence-corrected chi connectivity index (χ3v) is 4.53. The molecule has 162 valence electrons. The summed E-state index contributed by atoms with van der Waals surface area (Å²) in [6.45, 7) is 14.5. The average molecular weight is 423 g/mol. The largest absolute Gasteiger partial charge is 0.506 e. The Hall–Kier alpha value is -3.56. The van der Waals surface area contributed by atoms with Crippen LogP contribution in [0.15, 0.2) is 58.8 Å². The summed E-state index contributed by atoms with van der Waals surface area (Å²) >= 11 is 0. The molecule has 0 aromatic heterocycles. The van der Waals surface area contributed by atoms with Crippen molar-refractivity contribution in [2.45, 2.75) is 48.5 Å². The third kappa shape index (κ3) is 5.99. The van der Waals surface area contributed by atoms with E-state index in [1.54, 1.807) is 6.07 Å². The van der Waals surface area contributed by atoms with Crippen molar-refractivity contribution in [2.75, 3.05) is 0 Å². The zero-order valence-corrected chi connectivity index (χ0v) is 20.0. The minimum Gasteiger partial charge on any atom is -0.506 e. The van der Waals surface area contributed by atoms with Crippen LogP contribution in [0.1, 0.15) is 58.2 Å². The Kier molecular flexibility index (Phi) is 6.42. The van der Waals surface area contributed by atoms with Gasteiger partial charge in [0.25, 0.3) is 0 Å². The maximum Gasteiger partial charge on any atom is 0.143 e. The van der Waals surface area contributed by atoms with E-state index >= 15 is 0 Å². The van der Waals surface area contributed by atoms with Gasteiger partial charge >= 0.3 is 0 Å². The maximum atomic E-state index is 10.5. The quantitative estimate of drug-likeness (QED) is 0.329. The van der Waals surface area contributed by atoms with Crippen LogP contribution >= 0.6 is 0 Å². The van der Waals surface area contributed by atoms with Gasteiger partial charge < -0.3 is 5.11 Å². The van der Waals surface area contributed by atoms with Crippen molar-refractivity contribution in [1.82, 2.24) is 0 Å². The van der Waals surface area contributed by atoms with Crippen LogP contribution < -0.4 is 0 Å². The molecule has 32 heavy (non-hydrogen) atoms. The molecule has 0 saturated heterocycles. The molecule has 3 rings (SSSR count). The lowest BCUT2D eigenvalue weighted by molar-refractivity contribution is 0.477. The van der Waals surface area contributed by atoms with Gasteiger partial charge in [-0.05, 0) is 77.6 Å². The predicted octanol–water partition coefficient (Wildman–Crippen LogP) is 8.06. The van der Waals surface area contributed by atoms with Crippen LogP contribution in [-0.2, 0) is 0 Å². The molecular weight excluding hydrogens is 392 g/mol. The van der Waals surface area contributed by atoms with Crippen molar-refractivity contribution < 1.29 is 5.11 Å². The first kappa shape index (κ1) is 23.1. The van der Waals surface area contributed by atoms with E-state index in [1.807, 2.05) is 49.4 Å². The first-order valence-electron chi connectivity index (χ1n) is 10.8. The molecule has 0 amide bonds. The Balaban J connectivity index is 2.24. The maximum absolute atomic E-state index is 10.5. The fraction of sp³-hybridized carbons (Fsp3) is 0.310. The van der Waals surface area contributed by atoms with E-state index in [0.717, 1.165) is 27.5 Å². The van der Waals surface area contributed by atoms with E-state index in [-0.39, 0.29) is 16.6 Å². The second-order valence-electron chi connectivity index (χ2n) is 10.1. The number of benzene rings is 3. The van der Waals surface area contributed by atoms with Crippen molar-refractivity contribution >= 4 is 22.1 Å². The Morgan fingerprint density at radius 2 is 1.25 bits per heavy atom. The Morgan fingerprint density at radius 1 is 0.719 bits per heavy atom. The molecule has 0 heterocycles. The van der Waals surface area contributed by atoms with Gasteiger partial charge in [0.2, 0.25) is 0 Å². The molecular formula is C29H30N2O. The molecule has 0 aliphatic heterocycles. The molecule has 0 radical (unpaired) electrons. The molecule has 0 atom stereocenters. The number of fused-ring (bicyclic) bond motifs is 1. The smallest absolute Gasteiger partial charge is 0.143 e. The van der Waals surface area contributed by atoms with E-state index in [4.69, 9.17) is 0 Å². The van der Waals surface area contributed by atoms with Gasteiger partial charge in [-0.2, -0.15) is 0 Å². The first-order chi connectivity index (χ1) is 14.9. The second-order valence-corrected chi connectivity index (χ2v) is 10.1. The minimum atomic E-state index is -0.149. The molecule has 3 aromatic rings. The molecule has 0 aliphatic rings. The number of rotatable bonds is 2. The third-order valence-electron chi connectivity index (χ3n) is 4.53. The van der Waals surface area contributed by atoms with Gasteiger partial charge in [-0.15, -0.1) is 10.2 Å². The van der Waals surface area contributed by atoms with Gasteiger partial charge in [-0.25, -0.2) is 0 Å². The van der Waals surface area contributed by atoms with Crippen LogP contribution in [-0.4, -0.2) is 5.11 Å². The summed E-state index contributed by atoms with van der Waals surface area (Å²) in [5.41, 5.74) is 3.38. The highest BCUT2D eigenvalue weighted by Gasteiger charge is 2.12.